The van der Waals surface area contributed by atoms with E-state index in [0.29, 0.717) is 6.04 Å². The highest BCUT2D eigenvalue weighted by atomic mass is 32.1. The largest absolute Gasteiger partial charge is 0.313 e. The molecule has 0 fully saturated rings. The van der Waals surface area contributed by atoms with E-state index in [4.69, 9.17) is 4.98 Å². The first-order valence-electron chi connectivity index (χ1n) is 7.68. The average Bonchev–Trinajstić information content (AvgIpc) is 3.06. The molecule has 2 heterocycles. The molecule has 0 amide bonds. The van der Waals surface area contributed by atoms with Crippen molar-refractivity contribution in [2.75, 3.05) is 6.54 Å². The number of hydrogen-bond acceptors (Lipinski definition) is 4. The summed E-state index contributed by atoms with van der Waals surface area (Å²) in [7, 11) is 0. The molecular weight excluding hydrogens is 296 g/mol. The molecule has 0 saturated heterocycles. The zero-order valence-corrected chi connectivity index (χ0v) is 15.1. The van der Waals surface area contributed by atoms with Crippen LogP contribution in [-0.2, 0) is 18.3 Å². The van der Waals surface area contributed by atoms with E-state index in [1.165, 1.54) is 22.7 Å². The maximum atomic E-state index is 4.84. The fraction of sp³-hybridized carbons (Fsp3) is 0.588. The van der Waals surface area contributed by atoms with Crippen molar-refractivity contribution in [3.05, 3.63) is 38.5 Å². The number of nitrogens with one attached hydrogen (secondary N) is 1. The molecule has 2 aromatic heterocycles. The molecule has 1 atom stereocenters. The molecule has 2 rings (SSSR count). The normalized spacial score (nSPS) is 13.5. The third-order valence-electron chi connectivity index (χ3n) is 3.49. The average molecular weight is 323 g/mol. The molecule has 0 aromatic carbocycles. The topological polar surface area (TPSA) is 24.9 Å². The van der Waals surface area contributed by atoms with Gasteiger partial charge in [-0.15, -0.1) is 11.3 Å². The summed E-state index contributed by atoms with van der Waals surface area (Å²) < 4.78 is 0. The molecule has 4 heteroatoms. The van der Waals surface area contributed by atoms with E-state index < -0.39 is 0 Å². The van der Waals surface area contributed by atoms with E-state index in [0.717, 1.165) is 19.4 Å². The zero-order chi connectivity index (χ0) is 15.3. The van der Waals surface area contributed by atoms with Gasteiger partial charge in [0.2, 0.25) is 0 Å². The van der Waals surface area contributed by atoms with E-state index >= 15 is 0 Å². The Morgan fingerprint density at radius 1 is 1.24 bits per heavy atom. The minimum Gasteiger partial charge on any atom is -0.313 e. The van der Waals surface area contributed by atoms with Crippen LogP contribution in [0.25, 0.3) is 0 Å². The van der Waals surface area contributed by atoms with E-state index in [9.17, 15) is 0 Å². The second-order valence-corrected chi connectivity index (χ2v) is 8.29. The molecule has 0 saturated carbocycles. The van der Waals surface area contributed by atoms with Gasteiger partial charge in [-0.2, -0.15) is 11.3 Å². The van der Waals surface area contributed by atoms with Crippen molar-refractivity contribution >= 4 is 22.7 Å². The summed E-state index contributed by atoms with van der Waals surface area (Å²) in [4.78, 5) is 4.84. The summed E-state index contributed by atoms with van der Waals surface area (Å²) >= 11 is 3.58. The first-order valence-corrected chi connectivity index (χ1v) is 9.50. The lowest BCUT2D eigenvalue weighted by Crippen LogP contribution is -2.33. The fourth-order valence-electron chi connectivity index (χ4n) is 2.22. The van der Waals surface area contributed by atoms with Crippen LogP contribution in [-0.4, -0.2) is 17.6 Å². The van der Waals surface area contributed by atoms with Gasteiger partial charge in [-0.25, -0.2) is 4.98 Å². The highest BCUT2D eigenvalue weighted by Gasteiger charge is 2.19. The monoisotopic (exact) mass is 322 g/mol. The van der Waals surface area contributed by atoms with Gasteiger partial charge in [0.1, 0.15) is 0 Å². The predicted molar refractivity (Wildman–Crippen MR) is 94.6 cm³/mol. The third-order valence-corrected chi connectivity index (χ3v) is 5.09. The van der Waals surface area contributed by atoms with Crippen molar-refractivity contribution in [1.29, 1.82) is 0 Å². The highest BCUT2D eigenvalue weighted by molar-refractivity contribution is 7.09. The van der Waals surface area contributed by atoms with Crippen LogP contribution in [0.15, 0.2) is 22.2 Å². The Morgan fingerprint density at radius 2 is 2.05 bits per heavy atom. The molecule has 2 aromatic rings. The number of aromatic nitrogens is 1. The van der Waals surface area contributed by atoms with Gasteiger partial charge >= 0.3 is 0 Å². The van der Waals surface area contributed by atoms with Crippen LogP contribution >= 0.6 is 22.7 Å². The molecular formula is C17H26N2S2. The Labute approximate surface area is 136 Å². The van der Waals surface area contributed by atoms with Crippen molar-refractivity contribution in [2.24, 2.45) is 0 Å². The predicted octanol–water partition coefficient (Wildman–Crippen LogP) is 4.66. The minimum atomic E-state index is 0.147. The lowest BCUT2D eigenvalue weighted by Gasteiger charge is -2.17. The molecule has 0 bridgehead atoms. The first-order chi connectivity index (χ1) is 9.99. The standard InChI is InChI=1S/C17H26N2S2/c1-5-7-18-14(9-13-6-8-20-11-13)10-16-19-15(12-21-16)17(2,3)4/h6,8,11-12,14,18H,5,7,9-10H2,1-4H3. The van der Waals surface area contributed by atoms with Crippen LogP contribution in [0.3, 0.4) is 0 Å². The summed E-state index contributed by atoms with van der Waals surface area (Å²) in [6.07, 6.45) is 3.29. The van der Waals surface area contributed by atoms with Crippen LogP contribution < -0.4 is 5.32 Å². The maximum absolute atomic E-state index is 4.84. The Bertz CT molecular complexity index is 523. The maximum Gasteiger partial charge on any atom is 0.0944 e. The van der Waals surface area contributed by atoms with Gasteiger partial charge in [-0.3, -0.25) is 0 Å². The van der Waals surface area contributed by atoms with Gasteiger partial charge in [0.05, 0.1) is 10.7 Å². The number of hydrogen-bond donors (Lipinski definition) is 1. The molecule has 116 valence electrons. The second-order valence-electron chi connectivity index (χ2n) is 6.57. The third kappa shape index (κ3) is 5.20. The number of rotatable bonds is 7. The lowest BCUT2D eigenvalue weighted by molar-refractivity contribution is 0.501. The summed E-state index contributed by atoms with van der Waals surface area (Å²) in [6.45, 7) is 9.97. The van der Waals surface area contributed by atoms with Crippen LogP contribution in [0.1, 0.15) is 50.4 Å². The zero-order valence-electron chi connectivity index (χ0n) is 13.5. The first kappa shape index (κ1) is 16.7. The molecule has 2 nitrogen and oxygen atoms in total. The van der Waals surface area contributed by atoms with Gasteiger partial charge in [0.15, 0.2) is 0 Å². The lowest BCUT2D eigenvalue weighted by atomic mass is 9.93. The van der Waals surface area contributed by atoms with Gasteiger partial charge in [0.25, 0.3) is 0 Å². The summed E-state index contributed by atoms with van der Waals surface area (Å²) in [5.41, 5.74) is 2.79. The molecule has 0 radical (unpaired) electrons. The highest BCUT2D eigenvalue weighted by Crippen LogP contribution is 2.24. The van der Waals surface area contributed by atoms with E-state index in [2.05, 4.69) is 55.2 Å². The van der Waals surface area contributed by atoms with Crippen LogP contribution in [0.5, 0.6) is 0 Å². The molecule has 0 aliphatic carbocycles. The quantitative estimate of drug-likeness (QED) is 0.802. The van der Waals surface area contributed by atoms with Gasteiger partial charge in [0, 0.05) is 23.3 Å². The fourth-order valence-corrected chi connectivity index (χ4v) is 4.00. The molecule has 1 unspecified atom stereocenters. The minimum absolute atomic E-state index is 0.147. The SMILES string of the molecule is CCCNC(Cc1ccsc1)Cc1nc(C(C)(C)C)cs1. The molecule has 0 spiro atoms. The smallest absolute Gasteiger partial charge is 0.0944 e. The van der Waals surface area contributed by atoms with Crippen LogP contribution in [0.2, 0.25) is 0 Å². The van der Waals surface area contributed by atoms with E-state index in [1.54, 1.807) is 22.7 Å². The Hall–Kier alpha value is -0.710. The summed E-state index contributed by atoms with van der Waals surface area (Å²) in [6, 6.07) is 2.71. The van der Waals surface area contributed by atoms with Gasteiger partial charge in [-0.1, -0.05) is 27.7 Å². The Morgan fingerprint density at radius 3 is 2.62 bits per heavy atom. The van der Waals surface area contributed by atoms with Crippen molar-refractivity contribution < 1.29 is 0 Å². The van der Waals surface area contributed by atoms with E-state index in [-0.39, 0.29) is 5.41 Å². The van der Waals surface area contributed by atoms with Crippen LogP contribution in [0, 0.1) is 0 Å². The second kappa shape index (κ2) is 7.52. The van der Waals surface area contributed by atoms with E-state index in [1.807, 2.05) is 0 Å². The van der Waals surface area contributed by atoms with Crippen molar-refractivity contribution in [3.8, 4) is 0 Å². The van der Waals surface area contributed by atoms with Crippen molar-refractivity contribution in [1.82, 2.24) is 10.3 Å². The van der Waals surface area contributed by atoms with Crippen LogP contribution in [0.4, 0.5) is 0 Å². The van der Waals surface area contributed by atoms with Gasteiger partial charge in [-0.05, 0) is 41.8 Å². The number of thiazole rings is 1. The molecule has 21 heavy (non-hydrogen) atoms. The Balaban J connectivity index is 2.02. The number of nitrogens with zero attached hydrogens (tertiary/aromatic N) is 1. The molecule has 1 N–H and O–H groups in total. The summed E-state index contributed by atoms with van der Waals surface area (Å²) in [5.74, 6) is 0. The molecule has 0 aliphatic heterocycles. The van der Waals surface area contributed by atoms with Gasteiger partial charge < -0.3 is 5.32 Å². The van der Waals surface area contributed by atoms with Crippen molar-refractivity contribution in [3.63, 3.8) is 0 Å². The number of thiophene rings is 1. The molecule has 0 aliphatic rings. The Kier molecular flexibility index (Phi) is 5.97. The van der Waals surface area contributed by atoms with Crippen molar-refractivity contribution in [2.45, 2.75) is 58.4 Å². The summed E-state index contributed by atoms with van der Waals surface area (Å²) in [5, 5.41) is 11.6.